The van der Waals surface area contributed by atoms with Crippen molar-refractivity contribution in [2.75, 3.05) is 20.2 Å². The third kappa shape index (κ3) is 4.45. The summed E-state index contributed by atoms with van der Waals surface area (Å²) >= 11 is 6.50. The Morgan fingerprint density at radius 3 is 2.60 bits per heavy atom. The van der Waals surface area contributed by atoms with E-state index in [0.29, 0.717) is 39.3 Å². The van der Waals surface area contributed by atoms with Gasteiger partial charge in [0, 0.05) is 60.0 Å². The fourth-order valence-corrected chi connectivity index (χ4v) is 5.71. The molecule has 0 spiro atoms. The number of hydrogen-bond donors (Lipinski definition) is 2. The van der Waals surface area contributed by atoms with Crippen LogP contribution in [0.5, 0.6) is 11.5 Å². The number of halogens is 1. The summed E-state index contributed by atoms with van der Waals surface area (Å²) in [7, 11) is 3.93. The molecule has 6 rings (SSSR count). The summed E-state index contributed by atoms with van der Waals surface area (Å²) in [6.07, 6.45) is 4.38. The maximum atomic E-state index is 13.0. The van der Waals surface area contributed by atoms with Crippen LogP contribution in [0.15, 0.2) is 67.0 Å². The van der Waals surface area contributed by atoms with E-state index in [-0.39, 0.29) is 16.9 Å². The van der Waals surface area contributed by atoms with Crippen molar-refractivity contribution in [1.82, 2.24) is 19.8 Å². The lowest BCUT2D eigenvalue weighted by atomic mass is 9.93. The molecule has 3 aromatic carbocycles. The summed E-state index contributed by atoms with van der Waals surface area (Å²) < 4.78 is 7.92. The number of aryl methyl sites for hydroxylation is 1. The number of nitrogens with one attached hydrogen (secondary N) is 1. The lowest BCUT2D eigenvalue weighted by Gasteiger charge is -2.16. The van der Waals surface area contributed by atoms with Gasteiger partial charge in [0.1, 0.15) is 0 Å². The monoisotopic (exact) mass is 554 g/mol. The third-order valence-electron chi connectivity index (χ3n) is 7.34. The van der Waals surface area contributed by atoms with Crippen LogP contribution in [0.25, 0.3) is 32.9 Å². The van der Waals surface area contributed by atoms with E-state index in [1.54, 1.807) is 24.4 Å². The van der Waals surface area contributed by atoms with E-state index in [2.05, 4.69) is 15.2 Å². The van der Waals surface area contributed by atoms with Gasteiger partial charge >= 0.3 is 0 Å². The number of benzene rings is 3. The molecule has 202 valence electrons. The van der Waals surface area contributed by atoms with Gasteiger partial charge in [-0.1, -0.05) is 35.9 Å². The molecule has 2 N–H and O–H groups in total. The van der Waals surface area contributed by atoms with E-state index in [1.807, 2.05) is 61.3 Å². The van der Waals surface area contributed by atoms with Crippen molar-refractivity contribution in [3.05, 3.63) is 88.7 Å². The summed E-state index contributed by atoms with van der Waals surface area (Å²) in [5.41, 5.74) is 4.46. The van der Waals surface area contributed by atoms with Crippen LogP contribution in [0.4, 0.5) is 0 Å². The maximum Gasteiger partial charge on any atom is 0.259 e. The first kappa shape index (κ1) is 25.9. The SMILES string of the molecule is CN(CCCOc1cc2c(cc1O)c1c3c(c(-c4ccccc4Cl)cc1n2C)C(=O)NC3=O)Cc1cccnc1. The normalized spacial score (nSPS) is 12.9. The quantitative estimate of drug-likeness (QED) is 0.193. The van der Waals surface area contributed by atoms with Gasteiger partial charge < -0.3 is 19.3 Å². The highest BCUT2D eigenvalue weighted by Crippen LogP contribution is 2.44. The number of carbonyl (C=O) groups is 2. The highest BCUT2D eigenvalue weighted by atomic mass is 35.5. The number of rotatable bonds is 8. The molecule has 1 aliphatic heterocycles. The van der Waals surface area contributed by atoms with Crippen LogP contribution in [0.3, 0.4) is 0 Å². The van der Waals surface area contributed by atoms with E-state index in [4.69, 9.17) is 16.3 Å². The predicted molar refractivity (Wildman–Crippen MR) is 155 cm³/mol. The number of imide groups is 1. The molecule has 0 saturated heterocycles. The minimum absolute atomic E-state index is 0.0302. The minimum Gasteiger partial charge on any atom is -0.504 e. The van der Waals surface area contributed by atoms with E-state index in [0.717, 1.165) is 36.1 Å². The molecule has 40 heavy (non-hydrogen) atoms. The Hall–Kier alpha value is -4.40. The fraction of sp³-hybridized carbons (Fsp3) is 0.194. The van der Waals surface area contributed by atoms with Crippen molar-refractivity contribution >= 4 is 45.2 Å². The van der Waals surface area contributed by atoms with Crippen molar-refractivity contribution in [3.8, 4) is 22.6 Å². The van der Waals surface area contributed by atoms with Gasteiger partial charge in [-0.2, -0.15) is 0 Å². The first-order chi connectivity index (χ1) is 19.3. The van der Waals surface area contributed by atoms with E-state index < -0.39 is 11.8 Å². The third-order valence-corrected chi connectivity index (χ3v) is 7.67. The molecule has 9 heteroatoms. The molecule has 0 aliphatic carbocycles. The molecule has 3 heterocycles. The number of phenolic OH excluding ortho intramolecular Hbond substituents is 1. The van der Waals surface area contributed by atoms with Gasteiger partial charge in [0.05, 0.1) is 28.8 Å². The molecule has 8 nitrogen and oxygen atoms in total. The summed E-state index contributed by atoms with van der Waals surface area (Å²) in [5, 5.41) is 15.1. The van der Waals surface area contributed by atoms with Gasteiger partial charge in [0.2, 0.25) is 0 Å². The number of pyridine rings is 1. The van der Waals surface area contributed by atoms with Crippen molar-refractivity contribution in [2.45, 2.75) is 13.0 Å². The zero-order valence-corrected chi connectivity index (χ0v) is 22.8. The number of aromatic nitrogens is 2. The molecule has 2 aromatic heterocycles. The Labute approximate surface area is 235 Å². The minimum atomic E-state index is -0.471. The number of amides is 2. The van der Waals surface area contributed by atoms with Crippen LogP contribution < -0.4 is 10.1 Å². The zero-order valence-electron chi connectivity index (χ0n) is 22.1. The van der Waals surface area contributed by atoms with Crippen LogP contribution in [0.2, 0.25) is 5.02 Å². The van der Waals surface area contributed by atoms with Crippen LogP contribution in [0.1, 0.15) is 32.7 Å². The molecule has 0 fully saturated rings. The highest BCUT2D eigenvalue weighted by molar-refractivity contribution is 6.36. The Bertz CT molecular complexity index is 1800. The van der Waals surface area contributed by atoms with Crippen molar-refractivity contribution in [2.24, 2.45) is 7.05 Å². The van der Waals surface area contributed by atoms with Crippen molar-refractivity contribution in [1.29, 1.82) is 0 Å². The number of aromatic hydroxyl groups is 1. The molecular weight excluding hydrogens is 528 g/mol. The summed E-state index contributed by atoms with van der Waals surface area (Å²) in [6.45, 7) is 2.02. The molecule has 0 unspecified atom stereocenters. The van der Waals surface area contributed by atoms with Gasteiger partial charge in [-0.25, -0.2) is 0 Å². The van der Waals surface area contributed by atoms with Crippen molar-refractivity contribution in [3.63, 3.8) is 0 Å². The Morgan fingerprint density at radius 2 is 1.82 bits per heavy atom. The summed E-state index contributed by atoms with van der Waals surface area (Å²) in [5.74, 6) is -0.609. The van der Waals surface area contributed by atoms with Crippen LogP contribution in [0, 0.1) is 0 Å². The molecule has 0 saturated carbocycles. The molecule has 0 atom stereocenters. The number of carbonyl (C=O) groups excluding carboxylic acids is 2. The second-order valence-electron chi connectivity index (χ2n) is 10.0. The maximum absolute atomic E-state index is 13.0. The number of fused-ring (bicyclic) bond motifs is 5. The summed E-state index contributed by atoms with van der Waals surface area (Å²) in [4.78, 5) is 32.3. The van der Waals surface area contributed by atoms with Crippen LogP contribution in [-0.4, -0.2) is 51.6 Å². The number of nitrogens with zero attached hydrogens (tertiary/aromatic N) is 3. The molecule has 2 amide bonds. The Kier molecular flexibility index (Phi) is 6.65. The van der Waals surface area contributed by atoms with Crippen LogP contribution >= 0.6 is 11.6 Å². The standard InChI is InChI=1S/C31H27ClN4O4/c1-35(17-18-7-5-10-33-16-18)11-6-12-40-26-15-23-21(14-25(26)37)27-24(36(23)2)13-20(19-8-3-4-9-22(19)32)28-29(27)31(39)34-30(28)38/h3-5,7-10,13-16,37H,6,11-12,17H2,1-2H3,(H,34,38,39). The topological polar surface area (TPSA) is 96.7 Å². The van der Waals surface area contributed by atoms with E-state index >= 15 is 0 Å². The number of phenols is 1. The van der Waals surface area contributed by atoms with E-state index in [1.165, 1.54) is 0 Å². The van der Waals surface area contributed by atoms with Gasteiger partial charge in [0.25, 0.3) is 11.8 Å². The number of ether oxygens (including phenoxy) is 1. The fourth-order valence-electron chi connectivity index (χ4n) is 5.47. The van der Waals surface area contributed by atoms with E-state index in [9.17, 15) is 14.7 Å². The zero-order chi connectivity index (χ0) is 28.0. The predicted octanol–water partition coefficient (Wildman–Crippen LogP) is 5.54. The lowest BCUT2D eigenvalue weighted by molar-refractivity contribution is 0.0880. The lowest BCUT2D eigenvalue weighted by Crippen LogP contribution is -2.20. The molecule has 5 aromatic rings. The largest absolute Gasteiger partial charge is 0.504 e. The Balaban J connectivity index is 1.33. The first-order valence-corrected chi connectivity index (χ1v) is 13.3. The molecule has 0 bridgehead atoms. The number of hydrogen-bond acceptors (Lipinski definition) is 6. The summed E-state index contributed by atoms with van der Waals surface area (Å²) in [6, 6.07) is 16.5. The smallest absolute Gasteiger partial charge is 0.259 e. The van der Waals surface area contributed by atoms with Gasteiger partial charge in [-0.05, 0) is 48.9 Å². The highest BCUT2D eigenvalue weighted by Gasteiger charge is 2.34. The average molecular weight is 555 g/mol. The van der Waals surface area contributed by atoms with Crippen molar-refractivity contribution < 1.29 is 19.4 Å². The molecular formula is C31H27ClN4O4. The van der Waals surface area contributed by atoms with Gasteiger partial charge in [0.15, 0.2) is 11.5 Å². The molecule has 1 aliphatic rings. The van der Waals surface area contributed by atoms with Gasteiger partial charge in [-0.15, -0.1) is 0 Å². The Morgan fingerprint density at radius 1 is 1.02 bits per heavy atom. The molecule has 0 radical (unpaired) electrons. The average Bonchev–Trinajstić information content (AvgIpc) is 3.39. The van der Waals surface area contributed by atoms with Gasteiger partial charge in [-0.3, -0.25) is 19.9 Å². The second-order valence-corrected chi connectivity index (χ2v) is 10.4. The first-order valence-electron chi connectivity index (χ1n) is 13.0. The second kappa shape index (κ2) is 10.3. The van der Waals surface area contributed by atoms with Crippen LogP contribution in [-0.2, 0) is 13.6 Å².